The predicted octanol–water partition coefficient (Wildman–Crippen LogP) is 4.10. The molecule has 2 amide bonds. The maximum Gasteiger partial charge on any atom is 0.264 e. The van der Waals surface area contributed by atoms with Gasteiger partial charge in [0.2, 0.25) is 0 Å². The highest BCUT2D eigenvalue weighted by Crippen LogP contribution is 2.45. The molecule has 0 spiro atoms. The number of hydrogen-bond donors (Lipinski definition) is 3. The first kappa shape index (κ1) is 27.9. The van der Waals surface area contributed by atoms with E-state index in [4.69, 9.17) is 0 Å². The normalized spacial score (nSPS) is 18.0. The molecule has 5 rings (SSSR count). The molecule has 9 heteroatoms. The first-order valence-corrected chi connectivity index (χ1v) is 13.6. The number of benzene rings is 3. The van der Waals surface area contributed by atoms with Crippen LogP contribution in [0.2, 0.25) is 0 Å². The molecule has 1 aliphatic rings. The van der Waals surface area contributed by atoms with Crippen LogP contribution < -0.4 is 10.2 Å². The van der Waals surface area contributed by atoms with Gasteiger partial charge in [-0.15, -0.1) is 5.10 Å². The number of rotatable bonds is 10. The maximum absolute atomic E-state index is 13.3. The number of nitrogens with zero attached hydrogens (tertiary/aromatic N) is 4. The van der Waals surface area contributed by atoms with Gasteiger partial charge in [-0.2, -0.15) is 0 Å². The minimum absolute atomic E-state index is 0.0691. The lowest BCUT2D eigenvalue weighted by atomic mass is 9.82. The van der Waals surface area contributed by atoms with Crippen molar-refractivity contribution in [3.05, 3.63) is 120 Å². The lowest BCUT2D eigenvalue weighted by Gasteiger charge is -2.27. The van der Waals surface area contributed by atoms with E-state index >= 15 is 0 Å². The number of carbonyl (C=O) groups is 2. The molecule has 1 unspecified atom stereocenters. The second kappa shape index (κ2) is 11.9. The number of aliphatic hydroxyl groups is 2. The highest BCUT2D eigenvalue weighted by atomic mass is 16.3. The standard InChI is InChI=1S/C32H33N5O4/c1-22(11-9-10-18-37-20-28(34-35-37)26(21-38)23-12-5-3-6-13-23)32(41)27-19-25(16-17-29(27)36(2)31(32)40)33-30(39)24-14-7-4-8-15-24/h3-9,11-17,19-20,22,26,38,41H,10,18,21H2,1-2H3,(H,33,39)/b11-9+/t22-,26?,32+/m1/s1. The fourth-order valence-electron chi connectivity index (χ4n) is 5.21. The Morgan fingerprint density at radius 3 is 2.49 bits per heavy atom. The second-order valence-corrected chi connectivity index (χ2v) is 10.2. The summed E-state index contributed by atoms with van der Waals surface area (Å²) in [4.78, 5) is 27.4. The highest BCUT2D eigenvalue weighted by Gasteiger charge is 2.51. The molecule has 9 nitrogen and oxygen atoms in total. The van der Waals surface area contributed by atoms with Crippen molar-refractivity contribution in [2.45, 2.75) is 31.4 Å². The molecule has 3 atom stereocenters. The number of carbonyl (C=O) groups excluding carboxylic acids is 2. The van der Waals surface area contributed by atoms with E-state index in [1.54, 1.807) is 61.1 Å². The van der Waals surface area contributed by atoms with E-state index in [-0.39, 0.29) is 18.4 Å². The first-order valence-electron chi connectivity index (χ1n) is 13.6. The highest BCUT2D eigenvalue weighted by molar-refractivity contribution is 6.08. The zero-order chi connectivity index (χ0) is 29.0. The van der Waals surface area contributed by atoms with Gasteiger partial charge in [-0.05, 0) is 42.3 Å². The third kappa shape index (κ3) is 5.54. The largest absolute Gasteiger partial charge is 0.395 e. The van der Waals surface area contributed by atoms with Crippen molar-refractivity contribution in [2.75, 3.05) is 23.9 Å². The van der Waals surface area contributed by atoms with Crippen LogP contribution in [0.3, 0.4) is 0 Å². The van der Waals surface area contributed by atoms with Gasteiger partial charge in [0.15, 0.2) is 5.60 Å². The molecule has 3 aromatic carbocycles. The molecule has 0 aliphatic carbocycles. The number of aromatic nitrogens is 3. The molecule has 0 saturated heterocycles. The van der Waals surface area contributed by atoms with E-state index in [9.17, 15) is 19.8 Å². The SMILES string of the molecule is C[C@H](/C=C/CCn1cc(C(CO)c2ccccc2)nn1)[C@@]1(O)C(=O)N(C)c2ccc(NC(=O)c3ccccc3)cc21. The fourth-order valence-corrected chi connectivity index (χ4v) is 5.21. The Bertz CT molecular complexity index is 1550. The van der Waals surface area contributed by atoms with Crippen molar-refractivity contribution in [1.29, 1.82) is 0 Å². The van der Waals surface area contributed by atoms with Gasteiger partial charge in [-0.25, -0.2) is 0 Å². The average Bonchev–Trinajstić information content (AvgIpc) is 3.54. The molecule has 0 fully saturated rings. The Morgan fingerprint density at radius 2 is 1.78 bits per heavy atom. The average molecular weight is 552 g/mol. The zero-order valence-corrected chi connectivity index (χ0v) is 23.0. The molecule has 1 aliphatic heterocycles. The summed E-state index contributed by atoms with van der Waals surface area (Å²) in [5.74, 6) is -1.48. The van der Waals surface area contributed by atoms with Gasteiger partial charge in [-0.3, -0.25) is 14.3 Å². The quantitative estimate of drug-likeness (QED) is 0.255. The number of allylic oxidation sites excluding steroid dienone is 1. The molecule has 41 heavy (non-hydrogen) atoms. The second-order valence-electron chi connectivity index (χ2n) is 10.2. The Balaban J connectivity index is 1.27. The Morgan fingerprint density at radius 1 is 1.07 bits per heavy atom. The van der Waals surface area contributed by atoms with Gasteiger partial charge in [0.1, 0.15) is 0 Å². The summed E-state index contributed by atoms with van der Waals surface area (Å²) < 4.78 is 1.72. The number of nitrogens with one attached hydrogen (secondary N) is 1. The topological polar surface area (TPSA) is 121 Å². The van der Waals surface area contributed by atoms with Crippen molar-refractivity contribution in [3.63, 3.8) is 0 Å². The van der Waals surface area contributed by atoms with Crippen molar-refractivity contribution in [1.82, 2.24) is 15.0 Å². The number of fused-ring (bicyclic) bond motifs is 1. The molecule has 0 radical (unpaired) electrons. The predicted molar refractivity (Wildman–Crippen MR) is 156 cm³/mol. The van der Waals surface area contributed by atoms with E-state index in [0.29, 0.717) is 41.2 Å². The van der Waals surface area contributed by atoms with Gasteiger partial charge in [0, 0.05) is 42.5 Å². The number of hydrogen-bond acceptors (Lipinski definition) is 6. The van der Waals surface area contributed by atoms with E-state index in [0.717, 1.165) is 5.56 Å². The lowest BCUT2D eigenvalue weighted by molar-refractivity contribution is -0.139. The van der Waals surface area contributed by atoms with Gasteiger partial charge in [0.05, 0.1) is 23.9 Å². The van der Waals surface area contributed by atoms with Gasteiger partial charge in [0.25, 0.3) is 11.8 Å². The Kier molecular flexibility index (Phi) is 8.09. The molecule has 2 heterocycles. The van der Waals surface area contributed by atoms with Gasteiger partial charge < -0.3 is 20.4 Å². The van der Waals surface area contributed by atoms with E-state index in [2.05, 4.69) is 15.6 Å². The minimum atomic E-state index is -1.78. The summed E-state index contributed by atoms with van der Waals surface area (Å²) >= 11 is 0. The number of aryl methyl sites for hydroxylation is 1. The number of amides is 2. The van der Waals surface area contributed by atoms with E-state index < -0.39 is 17.4 Å². The number of anilines is 2. The summed E-state index contributed by atoms with van der Waals surface area (Å²) in [6, 6.07) is 23.7. The Labute approximate surface area is 238 Å². The third-order valence-corrected chi connectivity index (χ3v) is 7.60. The van der Waals surface area contributed by atoms with E-state index in [1.165, 1.54) is 4.90 Å². The maximum atomic E-state index is 13.3. The summed E-state index contributed by atoms with van der Waals surface area (Å²) in [5.41, 5.74) is 1.94. The molecule has 210 valence electrons. The van der Waals surface area contributed by atoms with Crippen molar-refractivity contribution in [2.24, 2.45) is 5.92 Å². The van der Waals surface area contributed by atoms with Gasteiger partial charge >= 0.3 is 0 Å². The summed E-state index contributed by atoms with van der Waals surface area (Å²) in [6.45, 7) is 2.27. The van der Waals surface area contributed by atoms with Crippen LogP contribution in [-0.4, -0.2) is 50.7 Å². The first-order chi connectivity index (χ1) is 19.8. The minimum Gasteiger partial charge on any atom is -0.395 e. The van der Waals surface area contributed by atoms with Gasteiger partial charge in [-0.1, -0.05) is 72.8 Å². The molecule has 4 aromatic rings. The van der Waals surface area contributed by atoms with Crippen LogP contribution in [0.25, 0.3) is 0 Å². The van der Waals surface area contributed by atoms with Crippen LogP contribution in [0.1, 0.15) is 46.4 Å². The third-order valence-electron chi connectivity index (χ3n) is 7.60. The van der Waals surface area contributed by atoms with Crippen molar-refractivity contribution in [3.8, 4) is 0 Å². The summed E-state index contributed by atoms with van der Waals surface area (Å²) in [7, 11) is 1.63. The molecular formula is C32H33N5O4. The van der Waals surface area contributed by atoms with Crippen LogP contribution in [-0.2, 0) is 16.9 Å². The van der Waals surface area contributed by atoms with Crippen molar-refractivity contribution < 1.29 is 19.8 Å². The molecule has 0 bridgehead atoms. The number of aliphatic hydroxyl groups excluding tert-OH is 1. The summed E-state index contributed by atoms with van der Waals surface area (Å²) in [6.07, 6.45) is 6.17. The van der Waals surface area contributed by atoms with Crippen LogP contribution in [0.4, 0.5) is 11.4 Å². The van der Waals surface area contributed by atoms with Crippen LogP contribution in [0.5, 0.6) is 0 Å². The van der Waals surface area contributed by atoms with Crippen LogP contribution in [0.15, 0.2) is 97.2 Å². The van der Waals surface area contributed by atoms with Crippen LogP contribution in [0, 0.1) is 5.92 Å². The summed E-state index contributed by atoms with van der Waals surface area (Å²) in [5, 5.41) is 33.0. The number of likely N-dealkylation sites (N-methyl/N-ethyl adjacent to an activating group) is 1. The smallest absolute Gasteiger partial charge is 0.264 e. The molecule has 1 aromatic heterocycles. The van der Waals surface area contributed by atoms with Crippen molar-refractivity contribution >= 4 is 23.2 Å². The zero-order valence-electron chi connectivity index (χ0n) is 23.0. The fraction of sp³-hybridized carbons (Fsp3) is 0.250. The molecule has 3 N–H and O–H groups in total. The Hall–Kier alpha value is -4.60. The molecule has 0 saturated carbocycles. The lowest BCUT2D eigenvalue weighted by Crippen LogP contribution is -2.43. The molecular weight excluding hydrogens is 518 g/mol. The van der Waals surface area contributed by atoms with E-state index in [1.807, 2.05) is 54.7 Å². The monoisotopic (exact) mass is 551 g/mol. The van der Waals surface area contributed by atoms with Crippen LogP contribution >= 0.6 is 0 Å².